The Labute approximate surface area is 159 Å². The number of carbonyl (C=O) groups is 1. The van der Waals surface area contributed by atoms with Crippen LogP contribution in [0.1, 0.15) is 18.4 Å². The second kappa shape index (κ2) is 8.70. The van der Waals surface area contributed by atoms with E-state index in [-0.39, 0.29) is 24.3 Å². The SMILES string of the molecule is CN(CCCC(=O)Oc1ccccc1C(F)(F)F)S(=O)(=O)c1ccc(F)cc1. The highest BCUT2D eigenvalue weighted by atomic mass is 32.2. The number of para-hydroxylation sites is 1. The molecule has 28 heavy (non-hydrogen) atoms. The molecule has 0 atom stereocenters. The van der Waals surface area contributed by atoms with Gasteiger partial charge in [0.2, 0.25) is 10.0 Å². The minimum atomic E-state index is -4.67. The third-order valence-corrected chi connectivity index (χ3v) is 5.66. The molecule has 0 bridgehead atoms. The molecular formula is C18H17F4NO4S. The first-order chi connectivity index (χ1) is 13.0. The largest absolute Gasteiger partial charge is 0.426 e. The van der Waals surface area contributed by atoms with Crippen molar-refractivity contribution in [2.24, 2.45) is 0 Å². The van der Waals surface area contributed by atoms with Gasteiger partial charge >= 0.3 is 12.1 Å². The molecule has 0 saturated carbocycles. The molecule has 0 heterocycles. The van der Waals surface area contributed by atoms with Crippen LogP contribution in [-0.2, 0) is 21.0 Å². The first kappa shape index (κ1) is 21.8. The highest BCUT2D eigenvalue weighted by Crippen LogP contribution is 2.36. The molecule has 152 valence electrons. The van der Waals surface area contributed by atoms with Gasteiger partial charge in [-0.2, -0.15) is 13.2 Å². The Balaban J connectivity index is 1.93. The van der Waals surface area contributed by atoms with Gasteiger partial charge in [0.25, 0.3) is 0 Å². The highest BCUT2D eigenvalue weighted by Gasteiger charge is 2.34. The average Bonchev–Trinajstić information content (AvgIpc) is 2.61. The number of ether oxygens (including phenoxy) is 1. The normalized spacial score (nSPS) is 12.2. The van der Waals surface area contributed by atoms with E-state index in [2.05, 4.69) is 0 Å². The van der Waals surface area contributed by atoms with Crippen molar-refractivity contribution in [3.8, 4) is 5.75 Å². The fourth-order valence-electron chi connectivity index (χ4n) is 2.32. The van der Waals surface area contributed by atoms with Gasteiger partial charge in [-0.3, -0.25) is 4.79 Å². The third-order valence-electron chi connectivity index (χ3n) is 3.79. The van der Waals surface area contributed by atoms with E-state index in [9.17, 15) is 30.8 Å². The number of esters is 1. The minimum Gasteiger partial charge on any atom is -0.426 e. The Morgan fingerprint density at radius 3 is 2.29 bits per heavy atom. The van der Waals surface area contributed by atoms with Crippen LogP contribution in [0.4, 0.5) is 17.6 Å². The Morgan fingerprint density at radius 2 is 1.68 bits per heavy atom. The predicted molar refractivity (Wildman–Crippen MR) is 92.5 cm³/mol. The second-order valence-electron chi connectivity index (χ2n) is 5.85. The molecule has 0 aliphatic carbocycles. The van der Waals surface area contributed by atoms with Gasteiger partial charge in [-0.25, -0.2) is 17.1 Å². The summed E-state index contributed by atoms with van der Waals surface area (Å²) in [6.07, 6.45) is -4.92. The maximum atomic E-state index is 12.9. The van der Waals surface area contributed by atoms with Gasteiger partial charge in [0.1, 0.15) is 11.6 Å². The quantitative estimate of drug-likeness (QED) is 0.389. The van der Waals surface area contributed by atoms with Crippen LogP contribution in [0.2, 0.25) is 0 Å². The van der Waals surface area contributed by atoms with E-state index in [1.54, 1.807) is 0 Å². The fraction of sp³-hybridized carbons (Fsp3) is 0.278. The maximum Gasteiger partial charge on any atom is 0.419 e. The van der Waals surface area contributed by atoms with Gasteiger partial charge in [-0.15, -0.1) is 0 Å². The van der Waals surface area contributed by atoms with Gasteiger partial charge in [0.05, 0.1) is 10.5 Å². The van der Waals surface area contributed by atoms with E-state index >= 15 is 0 Å². The molecule has 0 unspecified atom stereocenters. The molecule has 2 aromatic carbocycles. The first-order valence-corrected chi connectivity index (χ1v) is 9.54. The fourth-order valence-corrected chi connectivity index (χ4v) is 3.53. The van der Waals surface area contributed by atoms with Crippen LogP contribution in [0, 0.1) is 5.82 Å². The summed E-state index contributed by atoms with van der Waals surface area (Å²) in [6.45, 7) is -0.0737. The van der Waals surface area contributed by atoms with Crippen molar-refractivity contribution >= 4 is 16.0 Å². The smallest absolute Gasteiger partial charge is 0.419 e. The van der Waals surface area contributed by atoms with E-state index < -0.39 is 39.3 Å². The number of nitrogens with zero attached hydrogens (tertiary/aromatic N) is 1. The zero-order chi connectivity index (χ0) is 20.9. The van der Waals surface area contributed by atoms with E-state index in [0.29, 0.717) is 0 Å². The Bertz CT molecular complexity index is 927. The summed E-state index contributed by atoms with van der Waals surface area (Å²) in [5.41, 5.74) is -1.07. The van der Waals surface area contributed by atoms with Crippen LogP contribution in [0.5, 0.6) is 5.75 Å². The molecule has 0 fully saturated rings. The number of halogens is 4. The molecule has 0 radical (unpaired) electrons. The number of hydrogen-bond donors (Lipinski definition) is 0. The highest BCUT2D eigenvalue weighted by molar-refractivity contribution is 7.89. The molecular weight excluding hydrogens is 402 g/mol. The van der Waals surface area contributed by atoms with Crippen LogP contribution in [0.15, 0.2) is 53.4 Å². The number of rotatable bonds is 7. The number of alkyl halides is 3. The second-order valence-corrected chi connectivity index (χ2v) is 7.90. The van der Waals surface area contributed by atoms with E-state index in [4.69, 9.17) is 4.74 Å². The van der Waals surface area contributed by atoms with Crippen molar-refractivity contribution in [1.82, 2.24) is 4.31 Å². The number of benzene rings is 2. The summed E-state index contributed by atoms with van der Waals surface area (Å²) in [7, 11) is -2.59. The summed E-state index contributed by atoms with van der Waals surface area (Å²) in [4.78, 5) is 11.7. The van der Waals surface area contributed by atoms with Crippen LogP contribution >= 0.6 is 0 Å². The Morgan fingerprint density at radius 1 is 1.07 bits per heavy atom. The van der Waals surface area contributed by atoms with E-state index in [0.717, 1.165) is 40.7 Å². The van der Waals surface area contributed by atoms with E-state index in [1.807, 2.05) is 0 Å². The van der Waals surface area contributed by atoms with Gasteiger partial charge < -0.3 is 4.74 Å². The Hall–Kier alpha value is -2.46. The lowest BCUT2D eigenvalue weighted by Crippen LogP contribution is -2.28. The maximum absolute atomic E-state index is 12.9. The van der Waals surface area contributed by atoms with Crippen molar-refractivity contribution < 1.29 is 35.5 Å². The van der Waals surface area contributed by atoms with Crippen LogP contribution in [-0.4, -0.2) is 32.3 Å². The number of carbonyl (C=O) groups excluding carboxylic acids is 1. The molecule has 0 spiro atoms. The molecule has 0 aliphatic heterocycles. The molecule has 0 saturated heterocycles. The van der Waals surface area contributed by atoms with Crippen LogP contribution in [0.25, 0.3) is 0 Å². The summed E-state index contributed by atoms with van der Waals surface area (Å²) in [5.74, 6) is -2.10. The van der Waals surface area contributed by atoms with Gasteiger partial charge in [0, 0.05) is 20.0 Å². The summed E-state index contributed by atoms with van der Waals surface area (Å²) in [6, 6.07) is 8.56. The molecule has 0 amide bonds. The monoisotopic (exact) mass is 419 g/mol. The van der Waals surface area contributed by atoms with Crippen molar-refractivity contribution in [1.29, 1.82) is 0 Å². The van der Waals surface area contributed by atoms with Gasteiger partial charge in [0.15, 0.2) is 0 Å². The lowest BCUT2D eigenvalue weighted by atomic mass is 10.2. The lowest BCUT2D eigenvalue weighted by molar-refractivity contribution is -0.142. The van der Waals surface area contributed by atoms with Gasteiger partial charge in [-0.05, 0) is 42.8 Å². The molecule has 2 aromatic rings. The van der Waals surface area contributed by atoms with Gasteiger partial charge in [-0.1, -0.05) is 12.1 Å². The molecule has 0 aromatic heterocycles. The topological polar surface area (TPSA) is 63.7 Å². The summed E-state index contributed by atoms with van der Waals surface area (Å²) < 4.78 is 82.0. The zero-order valence-corrected chi connectivity index (χ0v) is 15.6. The predicted octanol–water partition coefficient (Wildman–Crippen LogP) is 3.85. The Kier molecular flexibility index (Phi) is 6.78. The first-order valence-electron chi connectivity index (χ1n) is 8.10. The molecule has 0 aliphatic rings. The minimum absolute atomic E-state index is 0.0317. The van der Waals surface area contributed by atoms with Crippen LogP contribution < -0.4 is 4.74 Å². The molecule has 5 nitrogen and oxygen atoms in total. The average molecular weight is 419 g/mol. The lowest BCUT2D eigenvalue weighted by Gasteiger charge is -2.17. The standard InChI is InChI=1S/C18H17F4NO4S/c1-23(28(25,26)14-10-8-13(19)9-11-14)12-4-7-17(24)27-16-6-3-2-5-15(16)18(20,21)22/h2-3,5-6,8-11H,4,7,12H2,1H3. The van der Waals surface area contributed by atoms with Crippen molar-refractivity contribution in [3.63, 3.8) is 0 Å². The molecule has 0 N–H and O–H groups in total. The van der Waals surface area contributed by atoms with Crippen molar-refractivity contribution in [2.45, 2.75) is 23.9 Å². The zero-order valence-electron chi connectivity index (χ0n) is 14.7. The molecule has 10 heteroatoms. The molecule has 2 rings (SSSR count). The number of sulfonamides is 1. The van der Waals surface area contributed by atoms with Crippen LogP contribution in [0.3, 0.4) is 0 Å². The number of hydrogen-bond acceptors (Lipinski definition) is 4. The van der Waals surface area contributed by atoms with E-state index in [1.165, 1.54) is 19.2 Å². The summed E-state index contributed by atoms with van der Waals surface area (Å²) in [5, 5.41) is 0. The van der Waals surface area contributed by atoms with Crippen molar-refractivity contribution in [2.75, 3.05) is 13.6 Å². The summed E-state index contributed by atoms with van der Waals surface area (Å²) >= 11 is 0. The van der Waals surface area contributed by atoms with Crippen molar-refractivity contribution in [3.05, 3.63) is 59.9 Å². The third kappa shape index (κ3) is 5.52.